The smallest absolute Gasteiger partial charge is 0.147 e. The van der Waals surface area contributed by atoms with Gasteiger partial charge in [0.25, 0.3) is 0 Å². The molecule has 0 atom stereocenters. The normalized spacial score (nSPS) is 10.8. The number of hydrogen-bond donors (Lipinski definition) is 0. The number of halogens is 2. The molecule has 29 heavy (non-hydrogen) atoms. The molecule has 0 saturated carbocycles. The Kier molecular flexibility index (Phi) is 12.4. The van der Waals surface area contributed by atoms with E-state index in [1.54, 1.807) is 0 Å². The minimum atomic E-state index is -0.154. The van der Waals surface area contributed by atoms with Crippen LogP contribution in [-0.2, 0) is 14.8 Å². The summed E-state index contributed by atoms with van der Waals surface area (Å²) in [6, 6.07) is 13.0. The standard InChI is InChI=1S/2C12H17N.2ClH.Cr/c2*1-8(2)10-6-5-7-11(13)12(10)9(3)4;;;/h2*5-9H,1-4H3;2*1H;. The van der Waals surface area contributed by atoms with Gasteiger partial charge in [0.05, 0.1) is 0 Å². The van der Waals surface area contributed by atoms with Crippen molar-refractivity contribution in [3.05, 3.63) is 58.7 Å². The van der Waals surface area contributed by atoms with E-state index in [0.717, 1.165) is 11.4 Å². The van der Waals surface area contributed by atoms with Crippen LogP contribution < -0.4 is 0 Å². The molecule has 0 spiro atoms. The van der Waals surface area contributed by atoms with Gasteiger partial charge in [-0.15, -0.1) is 24.8 Å². The van der Waals surface area contributed by atoms with Crippen molar-refractivity contribution in [2.24, 2.45) is 7.86 Å². The maximum Gasteiger partial charge on any atom is -0.147 e. The van der Waals surface area contributed by atoms with Gasteiger partial charge in [0.1, 0.15) is 0 Å². The van der Waals surface area contributed by atoms with E-state index in [-0.39, 0.29) is 39.6 Å². The Morgan fingerprint density at radius 1 is 0.552 bits per heavy atom. The maximum absolute atomic E-state index is 4.94. The minimum Gasteiger partial charge on any atom is -0.147 e. The van der Waals surface area contributed by atoms with Crippen molar-refractivity contribution < 1.29 is 14.8 Å². The molecule has 0 unspecified atom stereocenters. The molecular weight excluding hydrogens is 439 g/mol. The molecule has 0 amide bonds. The van der Waals surface area contributed by atoms with Crippen LogP contribution in [0.15, 0.2) is 44.3 Å². The Morgan fingerprint density at radius 2 is 0.897 bits per heavy atom. The van der Waals surface area contributed by atoms with Crippen LogP contribution >= 0.6 is 24.8 Å². The van der Waals surface area contributed by atoms with E-state index in [9.17, 15) is 0 Å². The number of hydrogen-bond acceptors (Lipinski definition) is 2. The quantitative estimate of drug-likeness (QED) is 0.398. The summed E-state index contributed by atoms with van der Waals surface area (Å²) in [6.45, 7) is 18.1. The van der Waals surface area contributed by atoms with E-state index < -0.39 is 0 Å². The van der Waals surface area contributed by atoms with Crippen LogP contribution in [0.1, 0.15) is 101 Å². The van der Waals surface area contributed by atoms with Crippen LogP contribution in [-0.4, -0.2) is 0 Å². The second-order valence-electron chi connectivity index (χ2n) is 8.44. The Bertz CT molecular complexity index is 784. The van der Waals surface area contributed by atoms with Gasteiger partial charge in [0.15, 0.2) is 0 Å². The summed E-state index contributed by atoms with van der Waals surface area (Å²) in [7, 11) is 0. The fraction of sp³-hybridized carbons (Fsp3) is 0.500. The third-order valence-electron chi connectivity index (χ3n) is 4.91. The van der Waals surface area contributed by atoms with Gasteiger partial charge in [-0.2, -0.15) is 0 Å². The van der Waals surface area contributed by atoms with E-state index in [0.29, 0.717) is 23.7 Å². The first kappa shape index (κ1) is 28.2. The molecule has 2 aromatic rings. The molecule has 0 fully saturated rings. The SMILES string of the molecule is CC(C)c1cccc([N]=[Cr]=[N]c2cccc(C(C)C)c2C(C)C)c1C(C)C.Cl.Cl. The van der Waals surface area contributed by atoms with Crippen LogP contribution in [0.2, 0.25) is 0 Å². The third kappa shape index (κ3) is 7.11. The van der Waals surface area contributed by atoms with E-state index >= 15 is 0 Å². The fourth-order valence-electron chi connectivity index (χ4n) is 3.67. The van der Waals surface area contributed by atoms with Gasteiger partial charge >= 0.3 is 172 Å². The molecule has 0 heterocycles. The Balaban J connectivity index is 0.00000392. The van der Waals surface area contributed by atoms with Crippen molar-refractivity contribution in [3.63, 3.8) is 0 Å². The topological polar surface area (TPSA) is 24.7 Å². The molecular formula is C24H36Cl2CrN2. The first-order valence-corrected chi connectivity index (χ1v) is 11.2. The monoisotopic (exact) mass is 474 g/mol. The first-order valence-electron chi connectivity index (χ1n) is 10.1. The van der Waals surface area contributed by atoms with Crippen LogP contribution in [0.25, 0.3) is 0 Å². The van der Waals surface area contributed by atoms with Crippen LogP contribution in [0.3, 0.4) is 0 Å². The molecule has 2 rings (SSSR count). The summed E-state index contributed by atoms with van der Waals surface area (Å²) in [5.41, 5.74) is 7.81. The van der Waals surface area contributed by atoms with Crippen LogP contribution in [0.5, 0.6) is 0 Å². The van der Waals surface area contributed by atoms with E-state index in [4.69, 9.17) is 7.86 Å². The molecule has 2 nitrogen and oxygen atoms in total. The Morgan fingerprint density at radius 3 is 1.17 bits per heavy atom. The summed E-state index contributed by atoms with van der Waals surface area (Å²) in [5.74, 6) is 1.96. The van der Waals surface area contributed by atoms with Gasteiger partial charge in [-0.1, -0.05) is 0 Å². The second kappa shape index (κ2) is 12.8. The second-order valence-corrected chi connectivity index (χ2v) is 9.27. The van der Waals surface area contributed by atoms with E-state index in [1.165, 1.54) is 22.3 Å². The molecule has 5 heteroatoms. The molecule has 0 radical (unpaired) electrons. The van der Waals surface area contributed by atoms with E-state index in [2.05, 4.69) is 91.8 Å². The molecule has 2 aromatic carbocycles. The van der Waals surface area contributed by atoms with Crippen molar-refractivity contribution in [1.29, 1.82) is 0 Å². The number of nitrogens with zero attached hydrogens (tertiary/aromatic N) is 2. The van der Waals surface area contributed by atoms with Gasteiger partial charge in [-0.3, -0.25) is 0 Å². The average molecular weight is 475 g/mol. The molecule has 0 aliphatic heterocycles. The number of benzene rings is 2. The zero-order valence-corrected chi connectivity index (χ0v) is 21.8. The fourth-order valence-corrected chi connectivity index (χ4v) is 4.51. The number of rotatable bonds is 6. The van der Waals surface area contributed by atoms with Crippen LogP contribution in [0, 0.1) is 0 Å². The van der Waals surface area contributed by atoms with Gasteiger partial charge in [-0.25, -0.2) is 0 Å². The zero-order valence-electron chi connectivity index (χ0n) is 18.9. The van der Waals surface area contributed by atoms with Gasteiger partial charge in [0.2, 0.25) is 0 Å². The molecule has 0 aromatic heterocycles. The van der Waals surface area contributed by atoms with Crippen molar-refractivity contribution >= 4 is 36.2 Å². The summed E-state index contributed by atoms with van der Waals surface area (Å²) in [5, 5.41) is 0. The Labute approximate surface area is 196 Å². The predicted molar refractivity (Wildman–Crippen MR) is 128 cm³/mol. The summed E-state index contributed by atoms with van der Waals surface area (Å²) >= 11 is -0.154. The summed E-state index contributed by atoms with van der Waals surface area (Å²) in [6.07, 6.45) is 0. The average Bonchev–Trinajstić information content (AvgIpc) is 2.60. The maximum atomic E-state index is 4.94. The van der Waals surface area contributed by atoms with Crippen molar-refractivity contribution in [1.82, 2.24) is 0 Å². The third-order valence-corrected chi connectivity index (χ3v) is 5.78. The van der Waals surface area contributed by atoms with Crippen LogP contribution in [0.4, 0.5) is 11.4 Å². The predicted octanol–water partition coefficient (Wildman–Crippen LogP) is 9.44. The van der Waals surface area contributed by atoms with Gasteiger partial charge in [0, 0.05) is 0 Å². The zero-order chi connectivity index (χ0) is 20.1. The molecule has 0 N–H and O–H groups in total. The van der Waals surface area contributed by atoms with Gasteiger partial charge in [-0.05, 0) is 0 Å². The van der Waals surface area contributed by atoms with Crippen molar-refractivity contribution in [2.75, 3.05) is 0 Å². The van der Waals surface area contributed by atoms with E-state index in [1.807, 2.05) is 0 Å². The largest absolute Gasteiger partial charge is 0.147 e. The molecule has 0 bridgehead atoms. The first-order chi connectivity index (χ1) is 12.7. The van der Waals surface area contributed by atoms with Crippen molar-refractivity contribution in [2.45, 2.75) is 79.1 Å². The van der Waals surface area contributed by atoms with Gasteiger partial charge < -0.3 is 0 Å². The minimum absolute atomic E-state index is 0. The molecule has 0 aliphatic rings. The van der Waals surface area contributed by atoms with Crippen molar-refractivity contribution in [3.8, 4) is 0 Å². The molecule has 0 saturated heterocycles. The molecule has 0 aliphatic carbocycles. The molecule has 162 valence electrons. The Hall–Kier alpha value is -0.848. The summed E-state index contributed by atoms with van der Waals surface area (Å²) < 4.78 is 9.87. The summed E-state index contributed by atoms with van der Waals surface area (Å²) in [4.78, 5) is 0.